The summed E-state index contributed by atoms with van der Waals surface area (Å²) < 4.78 is 11.9. The van der Waals surface area contributed by atoms with Gasteiger partial charge < -0.3 is 14.6 Å². The van der Waals surface area contributed by atoms with Crippen molar-refractivity contribution < 1.29 is 14.6 Å². The fourth-order valence-corrected chi connectivity index (χ4v) is 5.85. The molecule has 2 heterocycles. The molecule has 2 aliphatic heterocycles. The molecule has 1 aromatic carbocycles. The summed E-state index contributed by atoms with van der Waals surface area (Å²) in [5.74, 6) is 2.11. The number of methoxy groups -OCH3 is 1. The molecule has 5 rings (SSSR count). The number of likely N-dealkylation sites (tertiary alicyclic amines) is 1. The van der Waals surface area contributed by atoms with Crippen LogP contribution < -0.4 is 9.47 Å². The first-order valence-corrected chi connectivity index (χ1v) is 9.18. The van der Waals surface area contributed by atoms with E-state index < -0.39 is 6.10 Å². The standard InChI is InChI=1S/C20H25NO3/c1-3-9-21-10-8-20-13-5-6-15(22)19(20)24-18-16(23-2)7-4-12(17(18)20)11-14(13)21/h4-7,13-15,19,22H,3,8-11H2,1-2H3/t13-,14+,15-,19-,20-/m0/s1. The van der Waals surface area contributed by atoms with E-state index in [0.29, 0.717) is 12.0 Å². The van der Waals surface area contributed by atoms with E-state index in [9.17, 15) is 5.11 Å². The van der Waals surface area contributed by atoms with E-state index >= 15 is 0 Å². The number of ether oxygens (including phenoxy) is 2. The van der Waals surface area contributed by atoms with E-state index in [1.165, 1.54) is 17.5 Å². The highest BCUT2D eigenvalue weighted by molar-refractivity contribution is 5.62. The van der Waals surface area contributed by atoms with Gasteiger partial charge in [-0.3, -0.25) is 4.90 Å². The number of rotatable bonds is 3. The van der Waals surface area contributed by atoms with Gasteiger partial charge in [0.1, 0.15) is 12.2 Å². The lowest BCUT2D eigenvalue weighted by Gasteiger charge is -2.57. The van der Waals surface area contributed by atoms with Gasteiger partial charge in [-0.05, 0) is 44.0 Å². The minimum absolute atomic E-state index is 0.0828. The molecular weight excluding hydrogens is 302 g/mol. The molecule has 1 spiro atoms. The maximum absolute atomic E-state index is 10.7. The number of benzene rings is 1. The molecule has 0 saturated carbocycles. The topological polar surface area (TPSA) is 41.9 Å². The monoisotopic (exact) mass is 327 g/mol. The number of hydrogen-bond acceptors (Lipinski definition) is 4. The molecule has 0 aromatic heterocycles. The van der Waals surface area contributed by atoms with E-state index in [0.717, 1.165) is 37.4 Å². The molecule has 4 heteroatoms. The van der Waals surface area contributed by atoms with Crippen LogP contribution in [0.5, 0.6) is 11.5 Å². The van der Waals surface area contributed by atoms with Crippen molar-refractivity contribution in [2.45, 2.75) is 49.9 Å². The molecule has 1 aromatic rings. The van der Waals surface area contributed by atoms with Crippen LogP contribution in [0.4, 0.5) is 0 Å². The molecule has 2 bridgehead atoms. The molecule has 0 unspecified atom stereocenters. The molecule has 128 valence electrons. The van der Waals surface area contributed by atoms with Gasteiger partial charge in [-0.2, -0.15) is 0 Å². The maximum atomic E-state index is 10.7. The summed E-state index contributed by atoms with van der Waals surface area (Å²) in [6.45, 7) is 4.50. The molecular formula is C20H25NO3. The Bertz CT molecular complexity index is 715. The Morgan fingerprint density at radius 3 is 3.04 bits per heavy atom. The molecule has 1 fully saturated rings. The van der Waals surface area contributed by atoms with Crippen LogP contribution in [0.3, 0.4) is 0 Å². The van der Waals surface area contributed by atoms with Gasteiger partial charge in [0.2, 0.25) is 0 Å². The molecule has 1 N–H and O–H groups in total. The molecule has 4 aliphatic rings. The second-order valence-corrected chi connectivity index (χ2v) is 7.67. The second kappa shape index (κ2) is 4.99. The predicted molar refractivity (Wildman–Crippen MR) is 91.7 cm³/mol. The summed E-state index contributed by atoms with van der Waals surface area (Å²) in [7, 11) is 1.70. The van der Waals surface area contributed by atoms with E-state index in [1.54, 1.807) is 7.11 Å². The minimum Gasteiger partial charge on any atom is -0.493 e. The van der Waals surface area contributed by atoms with Crippen LogP contribution in [0.25, 0.3) is 0 Å². The van der Waals surface area contributed by atoms with Crippen molar-refractivity contribution in [1.82, 2.24) is 4.90 Å². The summed E-state index contributed by atoms with van der Waals surface area (Å²) in [5, 5.41) is 10.7. The smallest absolute Gasteiger partial charge is 0.165 e. The average molecular weight is 327 g/mol. The largest absolute Gasteiger partial charge is 0.493 e. The van der Waals surface area contributed by atoms with E-state index in [4.69, 9.17) is 9.47 Å². The molecule has 0 amide bonds. The van der Waals surface area contributed by atoms with E-state index in [2.05, 4.69) is 24.0 Å². The quantitative estimate of drug-likeness (QED) is 0.865. The van der Waals surface area contributed by atoms with Gasteiger partial charge in [0.25, 0.3) is 0 Å². The first-order valence-electron chi connectivity index (χ1n) is 9.18. The summed E-state index contributed by atoms with van der Waals surface area (Å²) in [6, 6.07) is 4.76. The zero-order chi connectivity index (χ0) is 16.5. The van der Waals surface area contributed by atoms with Gasteiger partial charge in [-0.1, -0.05) is 25.1 Å². The number of piperidine rings is 1. The molecule has 5 atom stereocenters. The predicted octanol–water partition coefficient (Wildman–Crippen LogP) is 2.28. The van der Waals surface area contributed by atoms with E-state index in [-0.39, 0.29) is 11.5 Å². The molecule has 0 radical (unpaired) electrons. The molecule has 2 aliphatic carbocycles. The van der Waals surface area contributed by atoms with Gasteiger partial charge in [-0.15, -0.1) is 0 Å². The molecule has 1 saturated heterocycles. The number of hydrogen-bond donors (Lipinski definition) is 1. The van der Waals surface area contributed by atoms with E-state index in [1.807, 2.05) is 12.1 Å². The first-order chi connectivity index (χ1) is 11.7. The lowest BCUT2D eigenvalue weighted by molar-refractivity contribution is -0.0515. The first kappa shape index (κ1) is 14.8. The summed E-state index contributed by atoms with van der Waals surface area (Å²) in [4.78, 5) is 2.65. The zero-order valence-corrected chi connectivity index (χ0v) is 14.4. The number of nitrogens with zero attached hydrogens (tertiary/aromatic N) is 1. The molecule has 24 heavy (non-hydrogen) atoms. The summed E-state index contributed by atoms with van der Waals surface area (Å²) >= 11 is 0. The number of aliphatic hydroxyl groups excluding tert-OH is 1. The van der Waals surface area contributed by atoms with Crippen molar-refractivity contribution in [3.63, 3.8) is 0 Å². The van der Waals surface area contributed by atoms with Gasteiger partial charge in [0, 0.05) is 22.9 Å². The van der Waals surface area contributed by atoms with Crippen LogP contribution in [-0.4, -0.2) is 48.5 Å². The van der Waals surface area contributed by atoms with Crippen LogP contribution in [0.15, 0.2) is 24.3 Å². The highest BCUT2D eigenvalue weighted by atomic mass is 16.5. The lowest BCUT2D eigenvalue weighted by Crippen LogP contribution is -2.65. The lowest BCUT2D eigenvalue weighted by atomic mass is 9.53. The third kappa shape index (κ3) is 1.61. The van der Waals surface area contributed by atoms with Crippen LogP contribution in [-0.2, 0) is 11.8 Å². The Labute approximate surface area is 143 Å². The molecule has 4 nitrogen and oxygen atoms in total. The van der Waals surface area contributed by atoms with Crippen LogP contribution in [0, 0.1) is 5.92 Å². The zero-order valence-electron chi connectivity index (χ0n) is 14.4. The Morgan fingerprint density at radius 1 is 1.38 bits per heavy atom. The van der Waals surface area contributed by atoms with Gasteiger partial charge in [0.15, 0.2) is 11.5 Å². The normalized spacial score (nSPS) is 38.6. The number of aliphatic hydroxyl groups is 1. The van der Waals surface area contributed by atoms with Crippen molar-refractivity contribution in [3.8, 4) is 11.5 Å². The Morgan fingerprint density at radius 2 is 2.25 bits per heavy atom. The van der Waals surface area contributed by atoms with Crippen LogP contribution in [0.2, 0.25) is 0 Å². The van der Waals surface area contributed by atoms with Gasteiger partial charge in [-0.25, -0.2) is 0 Å². The van der Waals surface area contributed by atoms with Crippen molar-refractivity contribution in [2.24, 2.45) is 5.92 Å². The second-order valence-electron chi connectivity index (χ2n) is 7.67. The SMILES string of the molecule is CCCN1CC[C@]23c4c5ccc(OC)c4O[C@H]2[C@@H](O)C=C[C@H]3[C@H]1C5. The fraction of sp³-hybridized carbons (Fsp3) is 0.600. The highest BCUT2D eigenvalue weighted by Gasteiger charge is 2.64. The summed E-state index contributed by atoms with van der Waals surface area (Å²) in [5.41, 5.74) is 2.63. The Hall–Kier alpha value is -1.52. The maximum Gasteiger partial charge on any atom is 0.165 e. The average Bonchev–Trinajstić information content (AvgIpc) is 2.94. The van der Waals surface area contributed by atoms with Crippen LogP contribution in [0.1, 0.15) is 30.9 Å². The summed E-state index contributed by atoms with van der Waals surface area (Å²) in [6.07, 6.45) is 6.81. The fourth-order valence-electron chi connectivity index (χ4n) is 5.85. The van der Waals surface area contributed by atoms with Crippen LogP contribution >= 0.6 is 0 Å². The third-order valence-corrected chi connectivity index (χ3v) is 6.70. The van der Waals surface area contributed by atoms with Crippen molar-refractivity contribution in [2.75, 3.05) is 20.2 Å². The Balaban J connectivity index is 1.73. The van der Waals surface area contributed by atoms with Crippen molar-refractivity contribution in [3.05, 3.63) is 35.4 Å². The van der Waals surface area contributed by atoms with Crippen molar-refractivity contribution >= 4 is 0 Å². The van der Waals surface area contributed by atoms with Gasteiger partial charge in [0.05, 0.1) is 7.11 Å². The highest BCUT2D eigenvalue weighted by Crippen LogP contribution is 2.62. The third-order valence-electron chi connectivity index (χ3n) is 6.70. The van der Waals surface area contributed by atoms with Gasteiger partial charge >= 0.3 is 0 Å². The Kier molecular flexibility index (Phi) is 3.08. The van der Waals surface area contributed by atoms with Crippen molar-refractivity contribution in [1.29, 1.82) is 0 Å². The minimum atomic E-state index is -0.539.